The van der Waals surface area contributed by atoms with Gasteiger partial charge < -0.3 is 5.32 Å². The van der Waals surface area contributed by atoms with Gasteiger partial charge in [-0.3, -0.25) is 9.10 Å². The molecule has 5 nitrogen and oxygen atoms in total. The van der Waals surface area contributed by atoms with Gasteiger partial charge in [0.25, 0.3) is 0 Å². The monoisotopic (exact) mass is 472 g/mol. The molecule has 1 N–H and O–H groups in total. The van der Waals surface area contributed by atoms with Gasteiger partial charge in [0, 0.05) is 10.1 Å². The van der Waals surface area contributed by atoms with Crippen molar-refractivity contribution in [3.8, 4) is 0 Å². The van der Waals surface area contributed by atoms with Crippen LogP contribution in [0.3, 0.4) is 0 Å². The highest BCUT2D eigenvalue weighted by Crippen LogP contribution is 2.19. The number of hydrogen-bond acceptors (Lipinski definition) is 3. The molecule has 2 aromatic rings. The molecule has 0 saturated heterocycles. The molecule has 0 aliphatic rings. The molecule has 0 heterocycles. The van der Waals surface area contributed by atoms with Gasteiger partial charge in [-0.15, -0.1) is 0 Å². The molecule has 1 atom stereocenters. The second-order valence-corrected chi connectivity index (χ2v) is 9.01. The Morgan fingerprint density at radius 3 is 2.28 bits per heavy atom. The first-order valence-corrected chi connectivity index (χ1v) is 10.7. The number of benzene rings is 2. The van der Waals surface area contributed by atoms with E-state index in [9.17, 15) is 13.2 Å². The molecule has 2 aromatic carbocycles. The topological polar surface area (TPSA) is 66.5 Å². The zero-order chi connectivity index (χ0) is 18.4. The number of carbonyl (C=O) groups is 1. The summed E-state index contributed by atoms with van der Waals surface area (Å²) in [5, 5.41) is 2.82. The summed E-state index contributed by atoms with van der Waals surface area (Å²) in [5.74, 6) is -0.179. The maximum absolute atomic E-state index is 12.3. The maximum Gasteiger partial charge on any atom is 0.240 e. The van der Waals surface area contributed by atoms with Crippen LogP contribution < -0.4 is 9.62 Å². The number of rotatable bonds is 7. The quantitative estimate of drug-likeness (QED) is 0.631. The van der Waals surface area contributed by atoms with E-state index < -0.39 is 10.0 Å². The molecular formula is C18H21IN2O3S. The van der Waals surface area contributed by atoms with E-state index >= 15 is 0 Å². The van der Waals surface area contributed by atoms with E-state index in [0.717, 1.165) is 19.7 Å². The number of nitrogens with zero attached hydrogens (tertiary/aromatic N) is 1. The van der Waals surface area contributed by atoms with E-state index in [4.69, 9.17) is 0 Å². The largest absolute Gasteiger partial charge is 0.354 e. The van der Waals surface area contributed by atoms with Crippen molar-refractivity contribution in [2.45, 2.75) is 12.8 Å². The molecule has 0 aliphatic carbocycles. The molecule has 134 valence electrons. The minimum Gasteiger partial charge on any atom is -0.354 e. The van der Waals surface area contributed by atoms with E-state index in [2.05, 4.69) is 27.9 Å². The summed E-state index contributed by atoms with van der Waals surface area (Å²) in [6, 6.07) is 16.9. The van der Waals surface area contributed by atoms with Crippen LogP contribution in [0.2, 0.25) is 0 Å². The lowest BCUT2D eigenvalue weighted by atomic mass is 10.0. The number of hydrogen-bond donors (Lipinski definition) is 1. The number of sulfonamides is 1. The third-order valence-corrected chi connectivity index (χ3v) is 5.64. The third-order valence-electron chi connectivity index (χ3n) is 3.78. The summed E-state index contributed by atoms with van der Waals surface area (Å²) in [4.78, 5) is 12.3. The van der Waals surface area contributed by atoms with Crippen LogP contribution >= 0.6 is 22.6 Å². The zero-order valence-electron chi connectivity index (χ0n) is 14.1. The fraction of sp³-hybridized carbons (Fsp3) is 0.278. The van der Waals surface area contributed by atoms with Crippen LogP contribution in [-0.2, 0) is 14.8 Å². The number of carbonyl (C=O) groups excluding carboxylic acids is 1. The molecule has 0 spiro atoms. The Bertz CT molecular complexity index is 808. The molecule has 0 bridgehead atoms. The Morgan fingerprint density at radius 2 is 1.72 bits per heavy atom. The Hall–Kier alpha value is -1.61. The van der Waals surface area contributed by atoms with Gasteiger partial charge in [0.1, 0.15) is 6.54 Å². The summed E-state index contributed by atoms with van der Waals surface area (Å²) >= 11 is 2.15. The first-order chi connectivity index (χ1) is 11.8. The molecular weight excluding hydrogens is 451 g/mol. The van der Waals surface area contributed by atoms with Crippen molar-refractivity contribution in [2.75, 3.05) is 23.7 Å². The van der Waals surface area contributed by atoms with Crippen molar-refractivity contribution in [1.82, 2.24) is 5.32 Å². The third kappa shape index (κ3) is 6.00. The van der Waals surface area contributed by atoms with Gasteiger partial charge in [0.2, 0.25) is 15.9 Å². The van der Waals surface area contributed by atoms with Crippen LogP contribution in [0.1, 0.15) is 18.4 Å². The van der Waals surface area contributed by atoms with Gasteiger partial charge in [-0.05, 0) is 58.3 Å². The van der Waals surface area contributed by atoms with Crippen molar-refractivity contribution >= 4 is 44.2 Å². The second kappa shape index (κ2) is 8.66. The highest BCUT2D eigenvalue weighted by atomic mass is 127. The minimum atomic E-state index is -3.55. The van der Waals surface area contributed by atoms with Gasteiger partial charge in [-0.25, -0.2) is 8.42 Å². The first-order valence-electron chi connectivity index (χ1n) is 7.82. The summed E-state index contributed by atoms with van der Waals surface area (Å²) in [7, 11) is -3.55. The van der Waals surface area contributed by atoms with Crippen molar-refractivity contribution < 1.29 is 13.2 Å². The molecule has 7 heteroatoms. The van der Waals surface area contributed by atoms with Gasteiger partial charge in [-0.2, -0.15) is 0 Å². The molecule has 0 aromatic heterocycles. The van der Waals surface area contributed by atoms with Crippen LogP contribution in [0.4, 0.5) is 5.69 Å². The lowest BCUT2D eigenvalue weighted by molar-refractivity contribution is -0.119. The Kier molecular flexibility index (Phi) is 6.83. The van der Waals surface area contributed by atoms with E-state index in [1.165, 1.54) is 0 Å². The lowest BCUT2D eigenvalue weighted by Crippen LogP contribution is -2.41. The lowest BCUT2D eigenvalue weighted by Gasteiger charge is -2.22. The first kappa shape index (κ1) is 19.7. The molecule has 0 aliphatic heterocycles. The van der Waals surface area contributed by atoms with E-state index in [0.29, 0.717) is 12.2 Å². The van der Waals surface area contributed by atoms with Crippen molar-refractivity contribution in [1.29, 1.82) is 0 Å². The van der Waals surface area contributed by atoms with E-state index in [1.54, 1.807) is 12.1 Å². The summed E-state index contributed by atoms with van der Waals surface area (Å²) in [6.07, 6.45) is 1.10. The highest BCUT2D eigenvalue weighted by Gasteiger charge is 2.21. The minimum absolute atomic E-state index is 0.148. The summed E-state index contributed by atoms with van der Waals surface area (Å²) in [5.41, 5.74) is 1.61. The molecule has 0 fully saturated rings. The van der Waals surface area contributed by atoms with E-state index in [-0.39, 0.29) is 18.4 Å². The Morgan fingerprint density at radius 1 is 1.12 bits per heavy atom. The average Bonchev–Trinajstić information content (AvgIpc) is 2.58. The van der Waals surface area contributed by atoms with Crippen molar-refractivity contribution in [3.05, 3.63) is 63.7 Å². The van der Waals surface area contributed by atoms with Gasteiger partial charge >= 0.3 is 0 Å². The molecule has 25 heavy (non-hydrogen) atoms. The van der Waals surface area contributed by atoms with E-state index in [1.807, 2.05) is 49.4 Å². The van der Waals surface area contributed by atoms with Gasteiger partial charge in [-0.1, -0.05) is 37.3 Å². The van der Waals surface area contributed by atoms with Crippen LogP contribution in [-0.4, -0.2) is 33.7 Å². The number of amides is 1. The number of anilines is 1. The smallest absolute Gasteiger partial charge is 0.240 e. The Labute approximate surface area is 162 Å². The molecule has 0 radical (unpaired) electrons. The normalized spacial score (nSPS) is 12.4. The highest BCUT2D eigenvalue weighted by molar-refractivity contribution is 14.1. The predicted octanol–water partition coefficient (Wildman–Crippen LogP) is 2.98. The van der Waals surface area contributed by atoms with Crippen LogP contribution in [0, 0.1) is 3.57 Å². The van der Waals surface area contributed by atoms with Crippen LogP contribution in [0.15, 0.2) is 54.6 Å². The molecule has 1 amide bonds. The molecule has 1 unspecified atom stereocenters. The second-order valence-electron chi connectivity index (χ2n) is 5.86. The Balaban J connectivity index is 2.01. The maximum atomic E-state index is 12.3. The summed E-state index contributed by atoms with van der Waals surface area (Å²) in [6.45, 7) is 2.23. The fourth-order valence-corrected chi connectivity index (χ4v) is 3.58. The van der Waals surface area contributed by atoms with Gasteiger partial charge in [0.15, 0.2) is 0 Å². The SMILES string of the molecule is CC(CNC(=O)CN(c1ccc(I)cc1)S(C)(=O)=O)c1ccccc1. The van der Waals surface area contributed by atoms with Crippen LogP contribution in [0.25, 0.3) is 0 Å². The van der Waals surface area contributed by atoms with Crippen molar-refractivity contribution in [3.63, 3.8) is 0 Å². The fourth-order valence-electron chi connectivity index (χ4n) is 2.36. The van der Waals surface area contributed by atoms with Crippen molar-refractivity contribution in [2.24, 2.45) is 0 Å². The predicted molar refractivity (Wildman–Crippen MR) is 109 cm³/mol. The zero-order valence-corrected chi connectivity index (χ0v) is 17.1. The summed E-state index contributed by atoms with van der Waals surface area (Å²) < 4.78 is 26.2. The molecule has 0 saturated carbocycles. The van der Waals surface area contributed by atoms with Crippen LogP contribution in [0.5, 0.6) is 0 Å². The standard InChI is InChI=1S/C18H21IN2O3S/c1-14(15-6-4-3-5-7-15)12-20-18(22)13-21(25(2,23)24)17-10-8-16(19)9-11-17/h3-11,14H,12-13H2,1-2H3,(H,20,22). The number of halogens is 1. The van der Waals surface area contributed by atoms with Gasteiger partial charge in [0.05, 0.1) is 11.9 Å². The average molecular weight is 472 g/mol. The number of nitrogens with one attached hydrogen (secondary N) is 1. The molecule has 2 rings (SSSR count).